The lowest BCUT2D eigenvalue weighted by Crippen LogP contribution is -2.47. The van der Waals surface area contributed by atoms with Crippen LogP contribution in [0.2, 0.25) is 0 Å². The highest BCUT2D eigenvalue weighted by atomic mass is 19.1. The Hall–Kier alpha value is -16.9. The summed E-state index contributed by atoms with van der Waals surface area (Å²) < 4.78 is 48.1. The van der Waals surface area contributed by atoms with Crippen molar-refractivity contribution in [2.75, 3.05) is 162 Å². The summed E-state index contributed by atoms with van der Waals surface area (Å²) in [6, 6.07) is 51.2. The Labute approximate surface area is 820 Å². The maximum atomic E-state index is 13.9. The highest BCUT2D eigenvalue weighted by molar-refractivity contribution is 6.03. The molecule has 5 aliphatic heterocycles. The number of aromatic nitrogens is 9. The van der Waals surface area contributed by atoms with Crippen LogP contribution < -0.4 is 46.9 Å². The number of benzene rings is 8. The van der Waals surface area contributed by atoms with E-state index in [-0.39, 0.29) is 96.5 Å². The predicted octanol–water partition coefficient (Wildman–Crippen LogP) is 13.4. The van der Waals surface area contributed by atoms with E-state index < -0.39 is 41.9 Å². The zero-order chi connectivity index (χ0) is 100. The molecular formula is C102H108F2N28O10. The molecule has 730 valence electrons. The van der Waals surface area contributed by atoms with Gasteiger partial charge < -0.3 is 70.9 Å². The number of hydrogen-bond acceptors (Lipinski definition) is 32. The molecule has 142 heavy (non-hydrogen) atoms. The second-order valence-corrected chi connectivity index (χ2v) is 33.9. The van der Waals surface area contributed by atoms with Crippen LogP contribution in [0.5, 0.6) is 6.01 Å². The summed E-state index contributed by atoms with van der Waals surface area (Å²) in [5.74, 6) is -1.31. The third-order valence-electron chi connectivity index (χ3n) is 23.9. The number of nitrogens with one attached hydrogen (secondary N) is 7. The third-order valence-corrected chi connectivity index (χ3v) is 23.9. The van der Waals surface area contributed by atoms with Gasteiger partial charge in [0.15, 0.2) is 17.1 Å². The van der Waals surface area contributed by atoms with E-state index >= 15 is 0 Å². The van der Waals surface area contributed by atoms with Crippen LogP contribution in [-0.4, -0.2) is 259 Å². The smallest absolute Gasteiger partial charge is 0.328 e. The Morgan fingerprint density at radius 3 is 1.16 bits per heavy atom. The Morgan fingerprint density at radius 1 is 0.423 bits per heavy atom. The number of nitrogens with zero attached hydrogens (tertiary/aromatic N) is 21. The van der Waals surface area contributed by atoms with Crippen molar-refractivity contribution < 1.29 is 56.5 Å². The molecule has 11 aromatic rings. The molecule has 8 aromatic carbocycles. The third kappa shape index (κ3) is 28.9. The molecule has 0 radical (unpaired) electrons. The lowest BCUT2D eigenvalue weighted by Gasteiger charge is -2.34. The first-order chi connectivity index (χ1) is 68.8. The Bertz CT molecular complexity index is 6560. The van der Waals surface area contributed by atoms with Crippen molar-refractivity contribution in [2.45, 2.75) is 90.6 Å². The molecule has 40 heteroatoms. The zero-order valence-electron chi connectivity index (χ0n) is 79.6. The predicted molar refractivity (Wildman–Crippen MR) is 536 cm³/mol. The van der Waals surface area contributed by atoms with Crippen molar-refractivity contribution in [1.82, 2.24) is 74.3 Å². The SMILES string of the molecule is [C-]#[N+]c1ccc(C[C@H](Nc2nc(NCC3=Nc4cc(F)ccc4C3)nc(Nc3cccc(CN4CCN(C(C)=O)CC4)c3)n2)C(=O)OC)cc1.[C-]#[N+]c1ccc(C[C@H](Nc2nc(Nc3cccc(CN4CCN(C(C)=O)CC4)c3)nc(N(CC3=Nc4cc(F)ccc4C3)C(C)=O)n2)C(=O)OC)cc1.[C-]#[N+]c1ccc(C[C@H](Nc2nc(Nc3cccc(CN4CCN(C=C)CC4)c3)nc(OC)n2)C(=O)OC)cc1. The summed E-state index contributed by atoms with van der Waals surface area (Å²) >= 11 is 0. The molecule has 0 saturated carbocycles. The second kappa shape index (κ2) is 48.9. The number of carbonyl (C=O) groups excluding carboxylic acids is 6. The lowest BCUT2D eigenvalue weighted by atomic mass is 10.1. The largest absolute Gasteiger partial charge is 0.467 e. The number of aliphatic imine (C=N–C) groups is 2. The number of fused-ring (bicyclic) bond motifs is 2. The van der Waals surface area contributed by atoms with Crippen molar-refractivity contribution in [3.63, 3.8) is 0 Å². The average Bonchev–Trinajstić information content (AvgIpc) is 1.84. The van der Waals surface area contributed by atoms with E-state index in [2.05, 4.69) is 145 Å². The van der Waals surface area contributed by atoms with Gasteiger partial charge in [0.2, 0.25) is 65.3 Å². The van der Waals surface area contributed by atoms with Gasteiger partial charge in [-0.05, 0) is 111 Å². The standard InChI is InChI=1S/C38H39FN10O4.C36H37FN10O3.C28H32N8O3/c1-24(50)48-16-14-47(15-17-48)22-27-6-5-7-31(18-27)42-36-44-37(43-34(35(52)53-4)19-26-8-12-30(40-3)13-9-26)46-38(45-36)49(25(2)51)23-32-20-28-10-11-29(39)21-33(28)41-32;1-23(48)47-15-13-46(14-16-47)22-25-5-4-6-29(17-25)41-35-43-34(39-21-30-19-26-9-10-27(37)20-31(26)40-30)44-36(45-35)42-32(33(49)50-3)18-24-7-11-28(38-2)12-8-24;1-5-35-13-15-36(16-14-35)19-21-7-6-8-23(17-21)30-26-32-27(34-28(33-26)39-4)31-24(25(37)38-3)18-20-9-11-22(29-2)12-10-20/h5-13,18,21,34H,14-17,19-20,22-23H2,1-2,4H3,(H2,42,43,44,45,46);4-12,17,20,32H,13-16,18-19,21-22H2,1,3H3,(H3,39,41,42,43,44,45);5-12,17,24H,1,13-16,18-19H2,3-4H3,(H2,30,31,32,33,34)/t34-;32-;24-/m000/s1. The highest BCUT2D eigenvalue weighted by Crippen LogP contribution is 2.33. The Balaban J connectivity index is 0.000000171. The van der Waals surface area contributed by atoms with Gasteiger partial charge in [0.05, 0.1) is 72.6 Å². The van der Waals surface area contributed by atoms with Gasteiger partial charge in [0.25, 0.3) is 0 Å². The number of halogens is 2. The topological polar surface area (TPSA) is 400 Å². The molecule has 3 amide bonds. The normalized spacial score (nSPS) is 14.4. The van der Waals surface area contributed by atoms with Gasteiger partial charge >= 0.3 is 23.9 Å². The lowest BCUT2D eigenvalue weighted by molar-refractivity contribution is -0.142. The number of amides is 3. The van der Waals surface area contributed by atoms with Crippen LogP contribution in [0.25, 0.3) is 14.5 Å². The van der Waals surface area contributed by atoms with Crippen LogP contribution >= 0.6 is 0 Å². The van der Waals surface area contributed by atoms with Gasteiger partial charge in [-0.25, -0.2) is 37.7 Å². The molecule has 3 aromatic heterocycles. The van der Waals surface area contributed by atoms with Gasteiger partial charge in [-0.15, -0.1) is 0 Å². The zero-order valence-corrected chi connectivity index (χ0v) is 79.6. The second-order valence-electron chi connectivity index (χ2n) is 33.9. The number of hydrogen-bond donors (Lipinski definition) is 7. The number of rotatable bonds is 35. The summed E-state index contributed by atoms with van der Waals surface area (Å²) in [7, 11) is 5.39. The van der Waals surface area contributed by atoms with Crippen LogP contribution in [0, 0.1) is 31.4 Å². The summed E-state index contributed by atoms with van der Waals surface area (Å²) in [6.45, 7) is 42.4. The van der Waals surface area contributed by atoms with Crippen LogP contribution in [0.4, 0.5) is 102 Å². The molecule has 0 aliphatic carbocycles. The Kier molecular flexibility index (Phi) is 34.8. The van der Waals surface area contributed by atoms with Crippen LogP contribution in [0.3, 0.4) is 0 Å². The van der Waals surface area contributed by atoms with E-state index in [1.807, 2.05) is 76.7 Å². The van der Waals surface area contributed by atoms with Crippen LogP contribution in [0.1, 0.15) is 65.3 Å². The first kappa shape index (κ1) is 101. The summed E-state index contributed by atoms with van der Waals surface area (Å²) in [6.07, 6.45) is 3.65. The monoisotopic (exact) mass is 1920 g/mol. The summed E-state index contributed by atoms with van der Waals surface area (Å²) in [5.41, 5.74) is 13.8. The van der Waals surface area contributed by atoms with Crippen molar-refractivity contribution in [1.29, 1.82) is 0 Å². The number of piperazine rings is 3. The molecule has 8 heterocycles. The van der Waals surface area contributed by atoms with Crippen molar-refractivity contribution in [3.05, 3.63) is 285 Å². The van der Waals surface area contributed by atoms with Crippen molar-refractivity contribution >= 4 is 140 Å². The minimum atomic E-state index is -0.928. The molecule has 0 unspecified atom stereocenters. The van der Waals surface area contributed by atoms with Gasteiger partial charge in [-0.2, -0.15) is 44.9 Å². The van der Waals surface area contributed by atoms with Crippen molar-refractivity contribution in [2.24, 2.45) is 9.98 Å². The number of ether oxygens (including phenoxy) is 4. The molecule has 16 rings (SSSR count). The Morgan fingerprint density at radius 2 is 0.775 bits per heavy atom. The molecule has 5 aliphatic rings. The first-order valence-corrected chi connectivity index (χ1v) is 45.9. The quantitative estimate of drug-likeness (QED) is 0.0110. The fourth-order valence-corrected chi connectivity index (χ4v) is 16.3. The van der Waals surface area contributed by atoms with E-state index in [1.54, 1.807) is 98.8 Å². The van der Waals surface area contributed by atoms with Crippen LogP contribution in [0.15, 0.2) is 205 Å². The summed E-state index contributed by atoms with van der Waals surface area (Å²) in [4.78, 5) is 149. The molecule has 3 atom stereocenters. The molecule has 38 nitrogen and oxygen atoms in total. The fraction of sp³-hybridized carbons (Fsp3) is 0.314. The maximum absolute atomic E-state index is 13.9. The molecule has 3 saturated heterocycles. The number of anilines is 11. The molecule has 3 fully saturated rings. The van der Waals surface area contributed by atoms with Gasteiger partial charge in [0.1, 0.15) is 29.8 Å². The first-order valence-electron chi connectivity index (χ1n) is 45.9. The molecule has 7 N–H and O–H groups in total. The maximum Gasteiger partial charge on any atom is 0.328 e. The molecular weight excluding hydrogens is 1820 g/mol. The number of carbonyl (C=O) groups is 6. The van der Waals surface area contributed by atoms with Gasteiger partial charge in [0, 0.05) is 180 Å². The van der Waals surface area contributed by atoms with E-state index in [0.717, 1.165) is 121 Å². The minimum absolute atomic E-state index is 0.00635. The average molecular weight is 1920 g/mol. The van der Waals surface area contributed by atoms with E-state index in [0.29, 0.717) is 98.4 Å². The fourth-order valence-electron chi connectivity index (χ4n) is 16.3. The van der Waals surface area contributed by atoms with Crippen molar-refractivity contribution in [3.8, 4) is 6.01 Å². The van der Waals surface area contributed by atoms with E-state index in [4.69, 9.17) is 38.7 Å². The molecule has 0 spiro atoms. The highest BCUT2D eigenvalue weighted by Gasteiger charge is 2.31. The summed E-state index contributed by atoms with van der Waals surface area (Å²) in [5, 5.41) is 22.2. The number of esters is 3. The minimum Gasteiger partial charge on any atom is -0.467 e. The number of methoxy groups -OCH3 is 4. The van der Waals surface area contributed by atoms with Gasteiger partial charge in [-0.3, -0.25) is 44.0 Å². The van der Waals surface area contributed by atoms with E-state index in [1.165, 1.54) is 70.1 Å². The van der Waals surface area contributed by atoms with Gasteiger partial charge in [-0.1, -0.05) is 128 Å². The van der Waals surface area contributed by atoms with E-state index in [9.17, 15) is 37.5 Å². The van der Waals surface area contributed by atoms with Crippen LogP contribution in [-0.2, 0) is 94.7 Å². The molecule has 0 bridgehead atoms.